The van der Waals surface area contributed by atoms with E-state index in [0.29, 0.717) is 12.5 Å². The molecule has 4 rings (SSSR count). The van der Waals surface area contributed by atoms with Crippen LogP contribution in [0.1, 0.15) is 28.8 Å². The Kier molecular flexibility index (Phi) is 5.78. The van der Waals surface area contributed by atoms with Crippen molar-refractivity contribution < 1.29 is 4.39 Å². The molecule has 6 heteroatoms. The van der Waals surface area contributed by atoms with Crippen molar-refractivity contribution in [3.63, 3.8) is 0 Å². The summed E-state index contributed by atoms with van der Waals surface area (Å²) in [7, 11) is 0. The SMILES string of the molecule is Fc1cccc(CN=C2NC(c3ccccc3Br)[C@H](c3ccccc3Br)N2)c1. The Balaban J connectivity index is 1.66. The Morgan fingerprint density at radius 1 is 0.786 bits per heavy atom. The zero-order valence-electron chi connectivity index (χ0n) is 14.9. The van der Waals surface area contributed by atoms with E-state index in [9.17, 15) is 4.39 Å². The molecule has 0 aromatic heterocycles. The summed E-state index contributed by atoms with van der Waals surface area (Å²) < 4.78 is 15.5. The molecule has 0 bridgehead atoms. The first-order valence-electron chi connectivity index (χ1n) is 8.92. The van der Waals surface area contributed by atoms with Crippen molar-refractivity contribution in [1.29, 1.82) is 0 Å². The molecule has 0 saturated carbocycles. The van der Waals surface area contributed by atoms with Gasteiger partial charge in [0.25, 0.3) is 0 Å². The fraction of sp³-hybridized carbons (Fsp3) is 0.136. The average Bonchev–Trinajstić information content (AvgIpc) is 3.11. The topological polar surface area (TPSA) is 36.4 Å². The van der Waals surface area contributed by atoms with Gasteiger partial charge in [-0.25, -0.2) is 9.38 Å². The van der Waals surface area contributed by atoms with Gasteiger partial charge in [-0.15, -0.1) is 0 Å². The van der Waals surface area contributed by atoms with Gasteiger partial charge >= 0.3 is 0 Å². The molecule has 142 valence electrons. The average molecular weight is 503 g/mol. The molecule has 2 N–H and O–H groups in total. The van der Waals surface area contributed by atoms with E-state index in [-0.39, 0.29) is 17.9 Å². The molecule has 28 heavy (non-hydrogen) atoms. The molecule has 1 fully saturated rings. The van der Waals surface area contributed by atoms with E-state index in [1.165, 1.54) is 12.1 Å². The maximum absolute atomic E-state index is 13.4. The van der Waals surface area contributed by atoms with Gasteiger partial charge < -0.3 is 10.6 Å². The first-order chi connectivity index (χ1) is 13.6. The van der Waals surface area contributed by atoms with Gasteiger partial charge in [-0.2, -0.15) is 0 Å². The van der Waals surface area contributed by atoms with Crippen LogP contribution >= 0.6 is 31.9 Å². The van der Waals surface area contributed by atoms with Crippen molar-refractivity contribution in [3.05, 3.63) is 104 Å². The van der Waals surface area contributed by atoms with Crippen molar-refractivity contribution in [1.82, 2.24) is 10.6 Å². The standard InChI is InChI=1S/C22H18Br2FN3/c23-18-10-3-1-8-16(18)20-21(17-9-2-4-11-19(17)24)28-22(27-20)26-13-14-6-5-7-15(25)12-14/h1-12,20-21H,13H2,(H2,26,27,28)/t20-,21?/m0/s1. The Bertz CT molecular complexity index is 966. The Labute approximate surface area is 180 Å². The lowest BCUT2D eigenvalue weighted by Gasteiger charge is -2.21. The molecule has 2 atom stereocenters. The first-order valence-corrected chi connectivity index (χ1v) is 10.5. The van der Waals surface area contributed by atoms with Crippen LogP contribution in [0, 0.1) is 5.82 Å². The Hall–Kier alpha value is -2.18. The van der Waals surface area contributed by atoms with E-state index < -0.39 is 0 Å². The summed E-state index contributed by atoms with van der Waals surface area (Å²) in [6.07, 6.45) is 0. The van der Waals surface area contributed by atoms with Crippen LogP contribution < -0.4 is 10.6 Å². The molecule has 1 aliphatic rings. The van der Waals surface area contributed by atoms with Crippen molar-refractivity contribution in [2.75, 3.05) is 0 Å². The molecule has 3 aromatic rings. The van der Waals surface area contributed by atoms with Crippen molar-refractivity contribution in [2.45, 2.75) is 18.6 Å². The van der Waals surface area contributed by atoms with Gasteiger partial charge in [0.1, 0.15) is 5.82 Å². The number of benzene rings is 3. The number of rotatable bonds is 4. The van der Waals surface area contributed by atoms with Crippen LogP contribution in [-0.2, 0) is 6.54 Å². The summed E-state index contributed by atoms with van der Waals surface area (Å²) in [5.41, 5.74) is 3.12. The number of guanidine groups is 1. The van der Waals surface area contributed by atoms with Crippen LogP contribution in [0.4, 0.5) is 4.39 Å². The summed E-state index contributed by atoms with van der Waals surface area (Å²) in [5, 5.41) is 7.01. The molecule has 1 saturated heterocycles. The quantitative estimate of drug-likeness (QED) is 0.467. The van der Waals surface area contributed by atoms with Crippen LogP contribution in [0.2, 0.25) is 0 Å². The fourth-order valence-corrected chi connectivity index (χ4v) is 4.43. The summed E-state index contributed by atoms with van der Waals surface area (Å²) in [5.74, 6) is 0.452. The number of aliphatic imine (C=N–C) groups is 1. The van der Waals surface area contributed by atoms with Crippen molar-refractivity contribution >= 4 is 37.8 Å². The fourth-order valence-electron chi connectivity index (χ4n) is 3.37. The summed E-state index contributed by atoms with van der Waals surface area (Å²) in [4.78, 5) is 4.64. The minimum absolute atomic E-state index is 0.000495. The molecule has 3 nitrogen and oxygen atoms in total. The Morgan fingerprint density at radius 2 is 1.36 bits per heavy atom. The van der Waals surface area contributed by atoms with Crippen molar-refractivity contribution in [2.24, 2.45) is 4.99 Å². The maximum Gasteiger partial charge on any atom is 0.192 e. The minimum atomic E-state index is -0.248. The second-order valence-corrected chi connectivity index (χ2v) is 8.29. The third-order valence-electron chi connectivity index (χ3n) is 4.71. The molecule has 3 aromatic carbocycles. The molecule has 0 radical (unpaired) electrons. The van der Waals surface area contributed by atoms with Gasteiger partial charge in [0.2, 0.25) is 0 Å². The number of nitrogens with one attached hydrogen (secondary N) is 2. The lowest BCUT2D eigenvalue weighted by Crippen LogP contribution is -2.25. The predicted molar refractivity (Wildman–Crippen MR) is 118 cm³/mol. The normalized spacial score (nSPS) is 20.0. The molecule has 0 aliphatic carbocycles. The smallest absolute Gasteiger partial charge is 0.192 e. The highest BCUT2D eigenvalue weighted by atomic mass is 79.9. The third-order valence-corrected chi connectivity index (χ3v) is 6.15. The summed E-state index contributed by atoms with van der Waals surface area (Å²) >= 11 is 7.33. The van der Waals surface area contributed by atoms with Crippen LogP contribution in [0.25, 0.3) is 0 Å². The maximum atomic E-state index is 13.4. The highest BCUT2D eigenvalue weighted by Gasteiger charge is 2.34. The molecular weight excluding hydrogens is 485 g/mol. The molecular formula is C22H18Br2FN3. The van der Waals surface area contributed by atoms with E-state index in [0.717, 1.165) is 25.6 Å². The first kappa shape index (κ1) is 19.2. The van der Waals surface area contributed by atoms with Crippen LogP contribution in [0.3, 0.4) is 0 Å². The molecule has 1 aliphatic heterocycles. The number of hydrogen-bond acceptors (Lipinski definition) is 1. The van der Waals surface area contributed by atoms with Gasteiger partial charge in [-0.1, -0.05) is 80.4 Å². The summed E-state index contributed by atoms with van der Waals surface area (Å²) in [6, 6.07) is 22.9. The molecule has 1 unspecified atom stereocenters. The number of hydrogen-bond donors (Lipinski definition) is 2. The van der Waals surface area contributed by atoms with E-state index >= 15 is 0 Å². The lowest BCUT2D eigenvalue weighted by molar-refractivity contribution is 0.550. The van der Waals surface area contributed by atoms with E-state index in [1.54, 1.807) is 6.07 Å². The second-order valence-electron chi connectivity index (χ2n) is 6.58. The van der Waals surface area contributed by atoms with Crippen LogP contribution in [0.5, 0.6) is 0 Å². The van der Waals surface area contributed by atoms with E-state index in [4.69, 9.17) is 0 Å². The third kappa shape index (κ3) is 4.13. The van der Waals surface area contributed by atoms with Gasteiger partial charge in [-0.3, -0.25) is 0 Å². The monoisotopic (exact) mass is 501 g/mol. The number of halogens is 3. The highest BCUT2D eigenvalue weighted by Crippen LogP contribution is 2.38. The summed E-state index contributed by atoms with van der Waals surface area (Å²) in [6.45, 7) is 0.401. The van der Waals surface area contributed by atoms with Gasteiger partial charge in [0, 0.05) is 8.95 Å². The van der Waals surface area contributed by atoms with E-state index in [1.807, 2.05) is 42.5 Å². The van der Waals surface area contributed by atoms with Crippen molar-refractivity contribution in [3.8, 4) is 0 Å². The molecule has 0 amide bonds. The lowest BCUT2D eigenvalue weighted by atomic mass is 9.95. The van der Waals surface area contributed by atoms with Crippen LogP contribution in [0.15, 0.2) is 86.7 Å². The zero-order chi connectivity index (χ0) is 19.5. The second kappa shape index (κ2) is 8.45. The number of nitrogens with zero attached hydrogens (tertiary/aromatic N) is 1. The van der Waals surface area contributed by atoms with Crippen LogP contribution in [-0.4, -0.2) is 5.96 Å². The highest BCUT2D eigenvalue weighted by molar-refractivity contribution is 9.10. The van der Waals surface area contributed by atoms with Gasteiger partial charge in [0.15, 0.2) is 5.96 Å². The van der Waals surface area contributed by atoms with Gasteiger partial charge in [-0.05, 0) is 41.0 Å². The molecule has 0 spiro atoms. The minimum Gasteiger partial charge on any atom is -0.347 e. The zero-order valence-corrected chi connectivity index (χ0v) is 18.0. The Morgan fingerprint density at radius 3 is 1.89 bits per heavy atom. The van der Waals surface area contributed by atoms with Gasteiger partial charge in [0.05, 0.1) is 18.6 Å². The predicted octanol–water partition coefficient (Wildman–Crippen LogP) is 5.88. The largest absolute Gasteiger partial charge is 0.347 e. The molecule has 1 heterocycles. The van der Waals surface area contributed by atoms with E-state index in [2.05, 4.69) is 59.6 Å².